The van der Waals surface area contributed by atoms with Gasteiger partial charge in [0.1, 0.15) is 5.75 Å². The standard InChI is InChI=1S/C19H24F2N2O2S/c1-23(2)18(24)9-4-10-19(20,21)15-6-3-7-16(14-15)25-12-5-8-17-22-11-13-26-17/h3,6-7,11,13-14H,4-5,8-10,12H2,1-2H3. The molecule has 0 unspecified atom stereocenters. The van der Waals surface area contributed by atoms with Crippen LogP contribution in [0.25, 0.3) is 0 Å². The number of amides is 1. The summed E-state index contributed by atoms with van der Waals surface area (Å²) in [6.45, 7) is 0.450. The lowest BCUT2D eigenvalue weighted by Crippen LogP contribution is -2.22. The fraction of sp³-hybridized carbons (Fsp3) is 0.474. The van der Waals surface area contributed by atoms with Gasteiger partial charge in [0.15, 0.2) is 0 Å². The first kappa shape index (κ1) is 20.3. The largest absolute Gasteiger partial charge is 0.494 e. The molecule has 0 aliphatic rings. The zero-order valence-corrected chi connectivity index (χ0v) is 15.9. The Labute approximate surface area is 156 Å². The highest BCUT2D eigenvalue weighted by Crippen LogP contribution is 2.35. The van der Waals surface area contributed by atoms with Crippen molar-refractivity contribution in [1.29, 1.82) is 0 Å². The quantitative estimate of drug-likeness (QED) is 0.568. The maximum absolute atomic E-state index is 14.4. The molecule has 0 spiro atoms. The SMILES string of the molecule is CN(C)C(=O)CCCC(F)(F)c1cccc(OCCCc2nccs2)c1. The van der Waals surface area contributed by atoms with Gasteiger partial charge in [0.05, 0.1) is 11.6 Å². The molecule has 1 heterocycles. The summed E-state index contributed by atoms with van der Waals surface area (Å²) in [5, 5.41) is 2.97. The van der Waals surface area contributed by atoms with Crippen LogP contribution in [0, 0.1) is 0 Å². The van der Waals surface area contributed by atoms with Crippen molar-refractivity contribution in [3.05, 3.63) is 46.4 Å². The van der Waals surface area contributed by atoms with Crippen LogP contribution in [0.4, 0.5) is 8.78 Å². The highest BCUT2D eigenvalue weighted by Gasteiger charge is 2.31. The Bertz CT molecular complexity index is 691. The van der Waals surface area contributed by atoms with Crippen LogP contribution in [-0.4, -0.2) is 36.5 Å². The Morgan fingerprint density at radius 3 is 2.81 bits per heavy atom. The predicted octanol–water partition coefficient (Wildman–Crippen LogP) is 4.51. The topological polar surface area (TPSA) is 42.4 Å². The second kappa shape index (κ2) is 9.62. The van der Waals surface area contributed by atoms with Crippen LogP contribution < -0.4 is 4.74 Å². The molecule has 0 fully saturated rings. The average Bonchev–Trinajstić information content (AvgIpc) is 3.12. The monoisotopic (exact) mass is 382 g/mol. The second-order valence-electron chi connectivity index (χ2n) is 6.25. The summed E-state index contributed by atoms with van der Waals surface area (Å²) in [6, 6.07) is 6.04. The number of hydrogen-bond acceptors (Lipinski definition) is 4. The van der Waals surface area contributed by atoms with E-state index in [1.54, 1.807) is 43.8 Å². The summed E-state index contributed by atoms with van der Waals surface area (Å²) in [5.74, 6) is -2.68. The minimum absolute atomic E-state index is 0.0766. The van der Waals surface area contributed by atoms with Gasteiger partial charge in [-0.1, -0.05) is 12.1 Å². The van der Waals surface area contributed by atoms with Crippen LogP contribution in [0.3, 0.4) is 0 Å². The Morgan fingerprint density at radius 1 is 1.31 bits per heavy atom. The second-order valence-corrected chi connectivity index (χ2v) is 7.23. The fourth-order valence-electron chi connectivity index (χ4n) is 2.43. The summed E-state index contributed by atoms with van der Waals surface area (Å²) in [6.07, 6.45) is 3.26. The summed E-state index contributed by atoms with van der Waals surface area (Å²) >= 11 is 1.59. The van der Waals surface area contributed by atoms with Crippen LogP contribution in [0.1, 0.15) is 36.3 Å². The molecule has 26 heavy (non-hydrogen) atoms. The molecule has 142 valence electrons. The average molecular weight is 382 g/mol. The molecule has 1 amide bonds. The highest BCUT2D eigenvalue weighted by atomic mass is 32.1. The first-order chi connectivity index (χ1) is 12.4. The molecule has 0 N–H and O–H groups in total. The molecular formula is C19H24F2N2O2S. The summed E-state index contributed by atoms with van der Waals surface area (Å²) in [7, 11) is 3.24. The molecule has 0 saturated carbocycles. The number of benzene rings is 1. The van der Waals surface area contributed by atoms with Crippen LogP contribution in [0.5, 0.6) is 5.75 Å². The summed E-state index contributed by atoms with van der Waals surface area (Å²) in [5.41, 5.74) is -0.0766. The zero-order valence-electron chi connectivity index (χ0n) is 15.1. The van der Waals surface area contributed by atoms with Crippen molar-refractivity contribution in [2.75, 3.05) is 20.7 Å². The minimum Gasteiger partial charge on any atom is -0.494 e. The van der Waals surface area contributed by atoms with Gasteiger partial charge in [-0.2, -0.15) is 0 Å². The van der Waals surface area contributed by atoms with Gasteiger partial charge in [-0.05, 0) is 25.0 Å². The van der Waals surface area contributed by atoms with Gasteiger partial charge in [-0.3, -0.25) is 4.79 Å². The lowest BCUT2D eigenvalue weighted by Gasteiger charge is -2.18. The molecule has 1 aromatic carbocycles. The maximum Gasteiger partial charge on any atom is 0.273 e. The molecule has 0 atom stereocenters. The number of nitrogens with zero attached hydrogens (tertiary/aromatic N) is 2. The van der Waals surface area contributed by atoms with Gasteiger partial charge in [-0.15, -0.1) is 11.3 Å². The molecule has 2 rings (SSSR count). The minimum atomic E-state index is -2.98. The number of aryl methyl sites for hydroxylation is 1. The number of alkyl halides is 2. The molecule has 0 bridgehead atoms. The number of rotatable bonds is 10. The first-order valence-corrected chi connectivity index (χ1v) is 9.46. The van der Waals surface area contributed by atoms with Gasteiger partial charge >= 0.3 is 0 Å². The predicted molar refractivity (Wildman–Crippen MR) is 98.8 cm³/mol. The van der Waals surface area contributed by atoms with E-state index >= 15 is 0 Å². The molecule has 7 heteroatoms. The van der Waals surface area contributed by atoms with E-state index in [-0.39, 0.29) is 30.7 Å². The molecule has 0 saturated heterocycles. The van der Waals surface area contributed by atoms with Crippen LogP contribution in [0.2, 0.25) is 0 Å². The maximum atomic E-state index is 14.4. The van der Waals surface area contributed by atoms with Crippen LogP contribution >= 0.6 is 11.3 Å². The number of hydrogen-bond donors (Lipinski definition) is 0. The highest BCUT2D eigenvalue weighted by molar-refractivity contribution is 7.09. The van der Waals surface area contributed by atoms with Gasteiger partial charge in [-0.25, -0.2) is 13.8 Å². The number of carbonyl (C=O) groups excluding carboxylic acids is 1. The van der Waals surface area contributed by atoms with Crippen molar-refractivity contribution < 1.29 is 18.3 Å². The van der Waals surface area contributed by atoms with Gasteiger partial charge < -0.3 is 9.64 Å². The zero-order chi connectivity index (χ0) is 19.0. The van der Waals surface area contributed by atoms with E-state index in [0.717, 1.165) is 17.8 Å². The Balaban J connectivity index is 1.82. The van der Waals surface area contributed by atoms with Gasteiger partial charge in [0.2, 0.25) is 5.91 Å². The number of ether oxygens (including phenoxy) is 1. The molecule has 4 nitrogen and oxygen atoms in total. The summed E-state index contributed by atoms with van der Waals surface area (Å²) < 4.78 is 34.3. The van der Waals surface area contributed by atoms with Crippen molar-refractivity contribution in [2.45, 2.75) is 38.0 Å². The van der Waals surface area contributed by atoms with Crippen LogP contribution in [0.15, 0.2) is 35.8 Å². The van der Waals surface area contributed by atoms with E-state index < -0.39 is 5.92 Å². The third-order valence-corrected chi connectivity index (χ3v) is 4.76. The van der Waals surface area contributed by atoms with E-state index in [4.69, 9.17) is 4.74 Å². The number of halogens is 2. The smallest absolute Gasteiger partial charge is 0.273 e. The summed E-state index contributed by atoms with van der Waals surface area (Å²) in [4.78, 5) is 17.1. The molecule has 1 aromatic heterocycles. The lowest BCUT2D eigenvalue weighted by atomic mass is 10.0. The van der Waals surface area contributed by atoms with Crippen molar-refractivity contribution in [3.63, 3.8) is 0 Å². The van der Waals surface area contributed by atoms with Crippen molar-refractivity contribution >= 4 is 17.2 Å². The normalized spacial score (nSPS) is 11.4. The van der Waals surface area contributed by atoms with E-state index in [2.05, 4.69) is 4.98 Å². The van der Waals surface area contributed by atoms with Crippen molar-refractivity contribution in [1.82, 2.24) is 9.88 Å². The Kier molecular flexibility index (Phi) is 7.50. The molecular weight excluding hydrogens is 358 g/mol. The van der Waals surface area contributed by atoms with E-state index in [0.29, 0.717) is 12.4 Å². The lowest BCUT2D eigenvalue weighted by molar-refractivity contribution is -0.129. The molecule has 2 aromatic rings. The first-order valence-electron chi connectivity index (χ1n) is 8.58. The van der Waals surface area contributed by atoms with Gasteiger partial charge in [0.25, 0.3) is 5.92 Å². The van der Waals surface area contributed by atoms with E-state index in [9.17, 15) is 13.6 Å². The van der Waals surface area contributed by atoms with E-state index in [1.807, 2.05) is 5.38 Å². The Hall–Kier alpha value is -2.02. The third kappa shape index (κ3) is 6.37. The fourth-order valence-corrected chi connectivity index (χ4v) is 3.10. The number of carbonyl (C=O) groups is 1. The van der Waals surface area contributed by atoms with E-state index in [1.165, 1.54) is 17.0 Å². The van der Waals surface area contributed by atoms with Crippen molar-refractivity contribution in [2.24, 2.45) is 0 Å². The Morgan fingerprint density at radius 2 is 2.12 bits per heavy atom. The van der Waals surface area contributed by atoms with Crippen LogP contribution in [-0.2, 0) is 17.1 Å². The number of aromatic nitrogens is 1. The molecule has 0 aliphatic carbocycles. The third-order valence-electron chi connectivity index (χ3n) is 3.92. The molecule has 0 radical (unpaired) electrons. The van der Waals surface area contributed by atoms with Crippen molar-refractivity contribution in [3.8, 4) is 5.75 Å². The molecule has 0 aliphatic heterocycles. The number of thiazole rings is 1. The van der Waals surface area contributed by atoms with Gasteiger partial charge in [0, 0.05) is 50.5 Å².